The maximum absolute atomic E-state index is 5.75. The molecule has 1 fully saturated rings. The van der Waals surface area contributed by atoms with Crippen LogP contribution in [0.3, 0.4) is 0 Å². The number of ether oxygens (including phenoxy) is 1. The summed E-state index contributed by atoms with van der Waals surface area (Å²) in [5.41, 5.74) is 0.948. The van der Waals surface area contributed by atoms with E-state index in [9.17, 15) is 0 Å². The third-order valence-corrected chi connectivity index (χ3v) is 3.65. The molecular weight excluding hydrogens is 234 g/mol. The standard InChI is InChI=1S/C12H19N3OS/c1-17-12-11(14-5-6-15-12)9-16-8-10-3-2-4-13-7-10/h5-6,10,13H,2-4,7-9H2,1H3. The normalized spacial score (nSPS) is 20.4. The van der Waals surface area contributed by atoms with E-state index in [1.807, 2.05) is 6.26 Å². The minimum Gasteiger partial charge on any atom is -0.375 e. The summed E-state index contributed by atoms with van der Waals surface area (Å²) in [6.07, 6.45) is 7.98. The van der Waals surface area contributed by atoms with Crippen LogP contribution < -0.4 is 5.32 Å². The average molecular weight is 253 g/mol. The summed E-state index contributed by atoms with van der Waals surface area (Å²) in [7, 11) is 0. The Hall–Kier alpha value is -0.650. The molecule has 0 bridgehead atoms. The molecule has 0 spiro atoms. The Morgan fingerprint density at radius 3 is 3.12 bits per heavy atom. The van der Waals surface area contributed by atoms with Crippen molar-refractivity contribution in [2.45, 2.75) is 24.5 Å². The summed E-state index contributed by atoms with van der Waals surface area (Å²) >= 11 is 1.62. The molecule has 2 rings (SSSR count). The van der Waals surface area contributed by atoms with Crippen molar-refractivity contribution in [1.82, 2.24) is 15.3 Å². The fourth-order valence-corrected chi connectivity index (χ4v) is 2.53. The molecule has 4 nitrogen and oxygen atoms in total. The van der Waals surface area contributed by atoms with E-state index in [-0.39, 0.29) is 0 Å². The Morgan fingerprint density at radius 2 is 2.35 bits per heavy atom. The van der Waals surface area contributed by atoms with Gasteiger partial charge in [-0.3, -0.25) is 4.98 Å². The molecule has 1 aliphatic rings. The second kappa shape index (κ2) is 6.93. The lowest BCUT2D eigenvalue weighted by Gasteiger charge is -2.22. The molecular formula is C12H19N3OS. The number of aromatic nitrogens is 2. The van der Waals surface area contributed by atoms with Crippen LogP contribution in [0, 0.1) is 5.92 Å². The Balaban J connectivity index is 1.77. The van der Waals surface area contributed by atoms with Gasteiger partial charge in [0.1, 0.15) is 5.03 Å². The molecule has 17 heavy (non-hydrogen) atoms. The highest BCUT2D eigenvalue weighted by Gasteiger charge is 2.13. The van der Waals surface area contributed by atoms with Crippen LogP contribution >= 0.6 is 11.8 Å². The molecule has 0 radical (unpaired) electrons. The predicted molar refractivity (Wildman–Crippen MR) is 69.1 cm³/mol. The van der Waals surface area contributed by atoms with Crippen molar-refractivity contribution in [2.24, 2.45) is 5.92 Å². The van der Waals surface area contributed by atoms with Crippen molar-refractivity contribution in [3.8, 4) is 0 Å². The molecule has 1 atom stereocenters. The van der Waals surface area contributed by atoms with Gasteiger partial charge < -0.3 is 10.1 Å². The van der Waals surface area contributed by atoms with Gasteiger partial charge in [0.15, 0.2) is 0 Å². The van der Waals surface area contributed by atoms with Gasteiger partial charge in [0, 0.05) is 18.9 Å². The maximum atomic E-state index is 5.75. The Morgan fingerprint density at radius 1 is 1.47 bits per heavy atom. The van der Waals surface area contributed by atoms with E-state index in [4.69, 9.17) is 4.74 Å². The van der Waals surface area contributed by atoms with E-state index in [1.54, 1.807) is 24.2 Å². The van der Waals surface area contributed by atoms with Crippen molar-refractivity contribution >= 4 is 11.8 Å². The molecule has 1 N–H and O–H groups in total. The Labute approximate surface area is 107 Å². The van der Waals surface area contributed by atoms with Crippen molar-refractivity contribution < 1.29 is 4.74 Å². The van der Waals surface area contributed by atoms with Crippen molar-refractivity contribution in [2.75, 3.05) is 26.0 Å². The molecule has 1 aliphatic heterocycles. The van der Waals surface area contributed by atoms with Gasteiger partial charge in [-0.05, 0) is 31.6 Å². The molecule has 1 saturated heterocycles. The van der Waals surface area contributed by atoms with Gasteiger partial charge in [-0.25, -0.2) is 4.98 Å². The topological polar surface area (TPSA) is 47.0 Å². The van der Waals surface area contributed by atoms with E-state index >= 15 is 0 Å². The zero-order valence-corrected chi connectivity index (χ0v) is 11.0. The summed E-state index contributed by atoms with van der Waals surface area (Å²) in [6.45, 7) is 3.62. The van der Waals surface area contributed by atoms with Crippen molar-refractivity contribution in [3.05, 3.63) is 18.1 Å². The first-order valence-corrected chi connectivity index (χ1v) is 7.25. The van der Waals surface area contributed by atoms with E-state index in [2.05, 4.69) is 15.3 Å². The van der Waals surface area contributed by atoms with Gasteiger partial charge >= 0.3 is 0 Å². The third-order valence-electron chi connectivity index (χ3n) is 2.92. The largest absolute Gasteiger partial charge is 0.375 e. The number of nitrogens with zero attached hydrogens (tertiary/aromatic N) is 2. The first-order valence-electron chi connectivity index (χ1n) is 6.02. The van der Waals surface area contributed by atoms with Crippen molar-refractivity contribution in [1.29, 1.82) is 0 Å². The summed E-state index contributed by atoms with van der Waals surface area (Å²) in [5.74, 6) is 0.651. The monoisotopic (exact) mass is 253 g/mol. The van der Waals surface area contributed by atoms with Gasteiger partial charge in [0.2, 0.25) is 0 Å². The van der Waals surface area contributed by atoms with Crippen LogP contribution in [0.15, 0.2) is 17.4 Å². The molecule has 1 aromatic heterocycles. The number of nitrogens with one attached hydrogen (secondary N) is 1. The number of rotatable bonds is 5. The highest BCUT2D eigenvalue weighted by Crippen LogP contribution is 2.16. The predicted octanol–water partition coefficient (Wildman–Crippen LogP) is 1.71. The summed E-state index contributed by atoms with van der Waals surface area (Å²) in [6, 6.07) is 0. The minimum atomic E-state index is 0.570. The van der Waals surface area contributed by atoms with Crippen molar-refractivity contribution in [3.63, 3.8) is 0 Å². The third kappa shape index (κ3) is 3.94. The number of thioether (sulfide) groups is 1. The zero-order chi connectivity index (χ0) is 11.9. The fourth-order valence-electron chi connectivity index (χ4n) is 2.01. The van der Waals surface area contributed by atoms with Crippen LogP contribution in [0.4, 0.5) is 0 Å². The molecule has 94 valence electrons. The fraction of sp³-hybridized carbons (Fsp3) is 0.667. The first kappa shape index (κ1) is 12.8. The van der Waals surface area contributed by atoms with E-state index < -0.39 is 0 Å². The lowest BCUT2D eigenvalue weighted by molar-refractivity contribution is 0.0747. The van der Waals surface area contributed by atoms with Gasteiger partial charge in [0.05, 0.1) is 18.9 Å². The summed E-state index contributed by atoms with van der Waals surface area (Å²) in [5, 5.41) is 4.36. The molecule has 5 heteroatoms. The van der Waals surface area contributed by atoms with Crippen LogP contribution in [0.1, 0.15) is 18.5 Å². The highest BCUT2D eigenvalue weighted by atomic mass is 32.2. The maximum Gasteiger partial charge on any atom is 0.120 e. The second-order valence-corrected chi connectivity index (χ2v) is 5.03. The molecule has 0 aliphatic carbocycles. The molecule has 2 heterocycles. The van der Waals surface area contributed by atoms with Crippen LogP contribution in [0.5, 0.6) is 0 Å². The van der Waals surface area contributed by atoms with Crippen LogP contribution in [0.2, 0.25) is 0 Å². The average Bonchev–Trinajstić information content (AvgIpc) is 2.40. The Bertz CT molecular complexity index is 342. The first-order chi connectivity index (χ1) is 8.40. The van der Waals surface area contributed by atoms with Crippen LogP contribution in [-0.4, -0.2) is 35.9 Å². The van der Waals surface area contributed by atoms with Crippen LogP contribution in [0.25, 0.3) is 0 Å². The summed E-state index contributed by atoms with van der Waals surface area (Å²) in [4.78, 5) is 8.58. The second-order valence-electron chi connectivity index (χ2n) is 4.24. The Kier molecular flexibility index (Phi) is 5.22. The lowest BCUT2D eigenvalue weighted by atomic mass is 10.0. The molecule has 0 saturated carbocycles. The lowest BCUT2D eigenvalue weighted by Crippen LogP contribution is -2.32. The minimum absolute atomic E-state index is 0.570. The summed E-state index contributed by atoms with van der Waals surface area (Å²) < 4.78 is 5.75. The zero-order valence-electron chi connectivity index (χ0n) is 10.2. The van der Waals surface area contributed by atoms with E-state index in [1.165, 1.54) is 12.8 Å². The molecule has 0 amide bonds. The molecule has 1 unspecified atom stereocenters. The highest BCUT2D eigenvalue weighted by molar-refractivity contribution is 7.98. The van der Waals surface area contributed by atoms with E-state index in [0.29, 0.717) is 12.5 Å². The quantitative estimate of drug-likeness (QED) is 0.810. The van der Waals surface area contributed by atoms with Gasteiger partial charge in [-0.15, -0.1) is 11.8 Å². The van der Waals surface area contributed by atoms with Crippen LogP contribution in [-0.2, 0) is 11.3 Å². The smallest absolute Gasteiger partial charge is 0.120 e. The number of hydrogen-bond acceptors (Lipinski definition) is 5. The molecule has 0 aromatic carbocycles. The number of piperidine rings is 1. The molecule has 1 aromatic rings. The van der Waals surface area contributed by atoms with Gasteiger partial charge in [-0.2, -0.15) is 0 Å². The SMILES string of the molecule is CSc1nccnc1COCC1CCCNC1. The number of hydrogen-bond donors (Lipinski definition) is 1. The van der Waals surface area contributed by atoms with Gasteiger partial charge in [0.25, 0.3) is 0 Å². The van der Waals surface area contributed by atoms with Gasteiger partial charge in [-0.1, -0.05) is 0 Å². The van der Waals surface area contributed by atoms with E-state index in [0.717, 1.165) is 30.4 Å².